The zero-order valence-corrected chi connectivity index (χ0v) is 11.3. The second-order valence-corrected chi connectivity index (χ2v) is 4.50. The number of nitrogens with one attached hydrogen (secondary N) is 1. The molecule has 17 heavy (non-hydrogen) atoms. The van der Waals surface area contributed by atoms with Gasteiger partial charge < -0.3 is 10.1 Å². The van der Waals surface area contributed by atoms with Crippen molar-refractivity contribution in [3.63, 3.8) is 0 Å². The molecule has 96 valence electrons. The Balaban J connectivity index is 2.51. The van der Waals surface area contributed by atoms with Gasteiger partial charge >= 0.3 is 0 Å². The molecule has 0 bridgehead atoms. The van der Waals surface area contributed by atoms with Gasteiger partial charge in [-0.25, -0.2) is 0 Å². The van der Waals surface area contributed by atoms with Gasteiger partial charge in [-0.05, 0) is 38.8 Å². The average molecular weight is 235 g/mol. The van der Waals surface area contributed by atoms with Crippen LogP contribution in [-0.2, 0) is 11.2 Å². The molecule has 0 aromatic heterocycles. The molecule has 1 rings (SSSR count). The molecule has 0 heterocycles. The summed E-state index contributed by atoms with van der Waals surface area (Å²) >= 11 is 0. The average Bonchev–Trinajstić information content (AvgIpc) is 2.32. The van der Waals surface area contributed by atoms with Crippen LogP contribution in [0.1, 0.15) is 31.4 Å². The first kappa shape index (κ1) is 14.2. The summed E-state index contributed by atoms with van der Waals surface area (Å²) in [7, 11) is 0. The highest BCUT2D eigenvalue weighted by molar-refractivity contribution is 5.23. The highest BCUT2D eigenvalue weighted by Crippen LogP contribution is 2.07. The van der Waals surface area contributed by atoms with Crippen LogP contribution in [0.3, 0.4) is 0 Å². The quantitative estimate of drug-likeness (QED) is 0.748. The standard InChI is InChI=1S/C15H25NO/c1-4-9-16-15(12-17-5-2)11-14-8-6-7-13(3)10-14/h6-8,10,15-16H,4-5,9,11-12H2,1-3H3. The zero-order valence-electron chi connectivity index (χ0n) is 11.3. The summed E-state index contributed by atoms with van der Waals surface area (Å²) in [4.78, 5) is 0. The summed E-state index contributed by atoms with van der Waals surface area (Å²) in [6.07, 6.45) is 2.21. The summed E-state index contributed by atoms with van der Waals surface area (Å²) in [5.41, 5.74) is 2.71. The lowest BCUT2D eigenvalue weighted by Crippen LogP contribution is -2.36. The summed E-state index contributed by atoms with van der Waals surface area (Å²) in [6, 6.07) is 9.14. The van der Waals surface area contributed by atoms with E-state index in [0.717, 1.165) is 32.6 Å². The first-order valence-corrected chi connectivity index (χ1v) is 6.63. The van der Waals surface area contributed by atoms with E-state index >= 15 is 0 Å². The molecule has 2 nitrogen and oxygen atoms in total. The number of ether oxygens (including phenoxy) is 1. The van der Waals surface area contributed by atoms with E-state index in [9.17, 15) is 0 Å². The lowest BCUT2D eigenvalue weighted by atomic mass is 10.0. The van der Waals surface area contributed by atoms with E-state index in [2.05, 4.69) is 43.4 Å². The van der Waals surface area contributed by atoms with Crippen LogP contribution < -0.4 is 5.32 Å². The van der Waals surface area contributed by atoms with E-state index < -0.39 is 0 Å². The molecular weight excluding hydrogens is 210 g/mol. The van der Waals surface area contributed by atoms with Crippen molar-refractivity contribution in [2.45, 2.75) is 39.7 Å². The van der Waals surface area contributed by atoms with Crippen LogP contribution in [0.4, 0.5) is 0 Å². The lowest BCUT2D eigenvalue weighted by molar-refractivity contribution is 0.122. The van der Waals surface area contributed by atoms with Gasteiger partial charge in [0.15, 0.2) is 0 Å². The predicted octanol–water partition coefficient (Wildman–Crippen LogP) is 2.94. The molecule has 0 amide bonds. The van der Waals surface area contributed by atoms with Crippen molar-refractivity contribution in [3.05, 3.63) is 35.4 Å². The SMILES string of the molecule is CCCNC(COCC)Cc1cccc(C)c1. The minimum atomic E-state index is 0.428. The Kier molecular flexibility index (Phi) is 6.90. The molecule has 0 saturated carbocycles. The number of benzene rings is 1. The van der Waals surface area contributed by atoms with Gasteiger partial charge in [0.05, 0.1) is 6.61 Å². The third kappa shape index (κ3) is 5.85. The Morgan fingerprint density at radius 2 is 2.12 bits per heavy atom. The van der Waals surface area contributed by atoms with Crippen molar-refractivity contribution in [1.29, 1.82) is 0 Å². The lowest BCUT2D eigenvalue weighted by Gasteiger charge is -2.18. The molecule has 1 aromatic carbocycles. The van der Waals surface area contributed by atoms with Crippen molar-refractivity contribution in [2.24, 2.45) is 0 Å². The van der Waals surface area contributed by atoms with Gasteiger partial charge in [-0.2, -0.15) is 0 Å². The molecule has 0 spiro atoms. The van der Waals surface area contributed by atoms with E-state index in [1.54, 1.807) is 0 Å². The van der Waals surface area contributed by atoms with Crippen molar-refractivity contribution in [3.8, 4) is 0 Å². The van der Waals surface area contributed by atoms with Crippen molar-refractivity contribution < 1.29 is 4.74 Å². The van der Waals surface area contributed by atoms with Crippen LogP contribution in [0.25, 0.3) is 0 Å². The van der Waals surface area contributed by atoms with Gasteiger partial charge in [0.2, 0.25) is 0 Å². The van der Waals surface area contributed by atoms with E-state index in [-0.39, 0.29) is 0 Å². The zero-order chi connectivity index (χ0) is 12.5. The number of hydrogen-bond donors (Lipinski definition) is 1. The van der Waals surface area contributed by atoms with Gasteiger partial charge in [-0.15, -0.1) is 0 Å². The maximum Gasteiger partial charge on any atom is 0.0622 e. The monoisotopic (exact) mass is 235 g/mol. The molecule has 0 fully saturated rings. The minimum absolute atomic E-state index is 0.428. The Morgan fingerprint density at radius 1 is 1.29 bits per heavy atom. The van der Waals surface area contributed by atoms with Gasteiger partial charge in [-0.3, -0.25) is 0 Å². The number of aryl methyl sites for hydroxylation is 1. The van der Waals surface area contributed by atoms with Crippen molar-refractivity contribution in [1.82, 2.24) is 5.32 Å². The summed E-state index contributed by atoms with van der Waals surface area (Å²) in [6.45, 7) is 9.02. The van der Waals surface area contributed by atoms with E-state index in [4.69, 9.17) is 4.74 Å². The Hall–Kier alpha value is -0.860. The van der Waals surface area contributed by atoms with E-state index in [0.29, 0.717) is 6.04 Å². The Bertz CT molecular complexity index is 304. The second-order valence-electron chi connectivity index (χ2n) is 4.50. The maximum atomic E-state index is 5.53. The Morgan fingerprint density at radius 3 is 2.76 bits per heavy atom. The second kappa shape index (κ2) is 8.26. The number of rotatable bonds is 8. The molecule has 1 N–H and O–H groups in total. The molecule has 1 unspecified atom stereocenters. The van der Waals surface area contributed by atoms with Crippen LogP contribution in [-0.4, -0.2) is 25.8 Å². The normalized spacial score (nSPS) is 12.6. The van der Waals surface area contributed by atoms with Crippen molar-refractivity contribution >= 4 is 0 Å². The van der Waals surface area contributed by atoms with Crippen LogP contribution in [0.15, 0.2) is 24.3 Å². The summed E-state index contributed by atoms with van der Waals surface area (Å²) in [5.74, 6) is 0. The molecule has 2 heteroatoms. The fraction of sp³-hybridized carbons (Fsp3) is 0.600. The highest BCUT2D eigenvalue weighted by Gasteiger charge is 2.08. The molecule has 0 saturated heterocycles. The molecule has 0 radical (unpaired) electrons. The van der Waals surface area contributed by atoms with Gasteiger partial charge in [0.25, 0.3) is 0 Å². The van der Waals surface area contributed by atoms with Gasteiger partial charge in [0, 0.05) is 12.6 Å². The summed E-state index contributed by atoms with van der Waals surface area (Å²) in [5, 5.41) is 3.55. The minimum Gasteiger partial charge on any atom is -0.380 e. The fourth-order valence-electron chi connectivity index (χ4n) is 1.92. The maximum absolute atomic E-state index is 5.53. The summed E-state index contributed by atoms with van der Waals surface area (Å²) < 4.78 is 5.53. The van der Waals surface area contributed by atoms with E-state index in [1.807, 2.05) is 6.92 Å². The molecule has 0 aliphatic rings. The largest absolute Gasteiger partial charge is 0.380 e. The molecular formula is C15H25NO. The fourth-order valence-corrected chi connectivity index (χ4v) is 1.92. The van der Waals surface area contributed by atoms with Gasteiger partial charge in [0.1, 0.15) is 0 Å². The third-order valence-corrected chi connectivity index (χ3v) is 2.77. The topological polar surface area (TPSA) is 21.3 Å². The van der Waals surface area contributed by atoms with E-state index in [1.165, 1.54) is 11.1 Å². The molecule has 1 atom stereocenters. The van der Waals surface area contributed by atoms with Crippen LogP contribution in [0, 0.1) is 6.92 Å². The third-order valence-electron chi connectivity index (χ3n) is 2.77. The number of hydrogen-bond acceptors (Lipinski definition) is 2. The molecule has 1 aromatic rings. The first-order valence-electron chi connectivity index (χ1n) is 6.63. The Labute approximate surface area is 105 Å². The van der Waals surface area contributed by atoms with Gasteiger partial charge in [-0.1, -0.05) is 36.8 Å². The smallest absolute Gasteiger partial charge is 0.0622 e. The predicted molar refractivity (Wildman–Crippen MR) is 73.5 cm³/mol. The van der Waals surface area contributed by atoms with Crippen molar-refractivity contribution in [2.75, 3.05) is 19.8 Å². The molecule has 0 aliphatic carbocycles. The molecule has 0 aliphatic heterocycles. The van der Waals surface area contributed by atoms with Crippen LogP contribution in [0.5, 0.6) is 0 Å². The highest BCUT2D eigenvalue weighted by atomic mass is 16.5. The van der Waals surface area contributed by atoms with Crippen LogP contribution >= 0.6 is 0 Å². The first-order chi connectivity index (χ1) is 8.26. The van der Waals surface area contributed by atoms with Crippen LogP contribution in [0.2, 0.25) is 0 Å².